The predicted molar refractivity (Wildman–Crippen MR) is 99.1 cm³/mol. The van der Waals surface area contributed by atoms with E-state index in [-0.39, 0.29) is 17.9 Å². The third kappa shape index (κ3) is 1.85. The van der Waals surface area contributed by atoms with Gasteiger partial charge in [0.2, 0.25) is 0 Å². The van der Waals surface area contributed by atoms with Crippen LogP contribution < -0.4 is 4.74 Å². The number of piperidine rings is 1. The van der Waals surface area contributed by atoms with Crippen molar-refractivity contribution in [2.75, 3.05) is 19.7 Å². The molecule has 0 amide bonds. The topological polar surface area (TPSA) is 82.8 Å². The number of Topliss-reactive ketones (excluding diaryl/α,β-unsaturated/α-hetero) is 1. The summed E-state index contributed by atoms with van der Waals surface area (Å²) in [7, 11) is 0. The second-order valence-electron chi connectivity index (χ2n) is 9.05. The SMILES string of the molecule is N#Cc1ccc2c3c1OC1C(=O)CCC4(O)[C@@H](C2)N(CC2CCCO2)CC[C@]314. The highest BCUT2D eigenvalue weighted by atomic mass is 16.5. The van der Waals surface area contributed by atoms with E-state index in [1.807, 2.05) is 6.07 Å². The Kier molecular flexibility index (Phi) is 3.37. The molecule has 6 heteroatoms. The van der Waals surface area contributed by atoms with Crippen LogP contribution in [0.5, 0.6) is 5.75 Å². The molecule has 146 valence electrons. The number of hydrogen-bond donors (Lipinski definition) is 1. The van der Waals surface area contributed by atoms with Crippen molar-refractivity contribution in [3.8, 4) is 11.8 Å². The summed E-state index contributed by atoms with van der Waals surface area (Å²) < 4.78 is 12.0. The van der Waals surface area contributed by atoms with Crippen LogP contribution >= 0.6 is 0 Å². The molecule has 2 saturated heterocycles. The summed E-state index contributed by atoms with van der Waals surface area (Å²) in [5.41, 5.74) is 0.820. The summed E-state index contributed by atoms with van der Waals surface area (Å²) in [6, 6.07) is 5.98. The van der Waals surface area contributed by atoms with Gasteiger partial charge in [0.05, 0.1) is 22.7 Å². The van der Waals surface area contributed by atoms with E-state index in [0.29, 0.717) is 30.6 Å². The van der Waals surface area contributed by atoms with Crippen molar-refractivity contribution in [1.82, 2.24) is 4.90 Å². The van der Waals surface area contributed by atoms with E-state index in [1.165, 1.54) is 0 Å². The Hall–Kier alpha value is -1.94. The largest absolute Gasteiger partial charge is 0.480 e. The highest BCUT2D eigenvalue weighted by molar-refractivity contribution is 5.90. The Morgan fingerprint density at radius 2 is 2.25 bits per heavy atom. The summed E-state index contributed by atoms with van der Waals surface area (Å²) in [5, 5.41) is 21.7. The number of benzene rings is 1. The smallest absolute Gasteiger partial charge is 0.174 e. The molecule has 0 aromatic heterocycles. The minimum atomic E-state index is -1.01. The molecule has 1 saturated carbocycles. The number of aliphatic hydroxyl groups is 1. The van der Waals surface area contributed by atoms with E-state index in [0.717, 1.165) is 50.1 Å². The quantitative estimate of drug-likeness (QED) is 0.837. The summed E-state index contributed by atoms with van der Waals surface area (Å²) >= 11 is 0. The van der Waals surface area contributed by atoms with Crippen LogP contribution in [0.1, 0.15) is 48.8 Å². The average Bonchev–Trinajstić information content (AvgIpc) is 3.32. The molecule has 2 bridgehead atoms. The zero-order valence-corrected chi connectivity index (χ0v) is 15.8. The first-order valence-corrected chi connectivity index (χ1v) is 10.4. The zero-order valence-electron chi connectivity index (χ0n) is 15.8. The first-order valence-electron chi connectivity index (χ1n) is 10.4. The van der Waals surface area contributed by atoms with Gasteiger partial charge in [-0.2, -0.15) is 5.26 Å². The van der Waals surface area contributed by atoms with Crippen LogP contribution in [0.3, 0.4) is 0 Å². The summed E-state index contributed by atoms with van der Waals surface area (Å²) in [4.78, 5) is 15.3. The molecular formula is C22H24N2O4. The normalized spacial score (nSPS) is 40.7. The molecule has 5 aliphatic rings. The lowest BCUT2D eigenvalue weighted by Crippen LogP contribution is -2.76. The average molecular weight is 380 g/mol. The molecule has 1 spiro atoms. The van der Waals surface area contributed by atoms with Crippen molar-refractivity contribution < 1.29 is 19.4 Å². The van der Waals surface area contributed by atoms with Crippen molar-refractivity contribution in [3.05, 3.63) is 28.8 Å². The maximum Gasteiger partial charge on any atom is 0.174 e. The molecule has 0 radical (unpaired) electrons. The van der Waals surface area contributed by atoms with Crippen LogP contribution in [0.25, 0.3) is 0 Å². The third-order valence-corrected chi connectivity index (χ3v) is 7.97. The number of hydrogen-bond acceptors (Lipinski definition) is 6. The number of ketones is 1. The lowest BCUT2D eigenvalue weighted by atomic mass is 9.49. The molecule has 1 aromatic rings. The summed E-state index contributed by atoms with van der Waals surface area (Å²) in [6.07, 6.45) is 3.95. The van der Waals surface area contributed by atoms with Gasteiger partial charge in [0, 0.05) is 31.2 Å². The number of carbonyl (C=O) groups excluding carboxylic acids is 1. The fourth-order valence-electron chi connectivity index (χ4n) is 6.78. The van der Waals surface area contributed by atoms with Gasteiger partial charge in [-0.1, -0.05) is 6.07 Å². The molecule has 28 heavy (non-hydrogen) atoms. The summed E-state index contributed by atoms with van der Waals surface area (Å²) in [6.45, 7) is 2.47. The predicted octanol–water partition coefficient (Wildman–Crippen LogP) is 1.46. The van der Waals surface area contributed by atoms with Crippen LogP contribution in [0.2, 0.25) is 0 Å². The van der Waals surface area contributed by atoms with Crippen LogP contribution in [0, 0.1) is 11.3 Å². The second kappa shape index (κ2) is 5.56. The molecule has 6 rings (SSSR count). The Bertz CT molecular complexity index is 918. The van der Waals surface area contributed by atoms with Gasteiger partial charge in [-0.25, -0.2) is 0 Å². The minimum absolute atomic E-state index is 0.0453. The van der Waals surface area contributed by atoms with Crippen molar-refractivity contribution >= 4 is 5.78 Å². The minimum Gasteiger partial charge on any atom is -0.480 e. The Balaban J connectivity index is 1.51. The molecule has 1 aromatic carbocycles. The van der Waals surface area contributed by atoms with E-state index in [4.69, 9.17) is 9.47 Å². The van der Waals surface area contributed by atoms with Crippen LogP contribution in [-0.2, 0) is 21.4 Å². The number of nitriles is 1. The van der Waals surface area contributed by atoms with E-state index < -0.39 is 17.1 Å². The standard InChI is InChI=1S/C22H24N2O4/c23-11-14-4-3-13-10-17-22(26)6-5-16(25)20-21(22,18(13)19(14)28-20)7-8-24(17)12-15-2-1-9-27-15/h3-4,15,17,20,26H,1-2,5-10,12H2/t15?,17-,20?,21+,22?/m1/s1. The van der Waals surface area contributed by atoms with Crippen LogP contribution in [-0.4, -0.2) is 59.3 Å². The van der Waals surface area contributed by atoms with Gasteiger partial charge >= 0.3 is 0 Å². The van der Waals surface area contributed by atoms with Gasteiger partial charge < -0.3 is 14.6 Å². The van der Waals surface area contributed by atoms with Gasteiger partial charge in [-0.15, -0.1) is 0 Å². The van der Waals surface area contributed by atoms with Crippen LogP contribution in [0.4, 0.5) is 0 Å². The number of carbonyl (C=O) groups is 1. The zero-order chi connectivity index (χ0) is 19.1. The Morgan fingerprint density at radius 1 is 1.36 bits per heavy atom. The van der Waals surface area contributed by atoms with Crippen molar-refractivity contribution in [2.45, 2.75) is 67.8 Å². The van der Waals surface area contributed by atoms with Crippen molar-refractivity contribution in [1.29, 1.82) is 5.26 Å². The highest BCUT2D eigenvalue weighted by Crippen LogP contribution is 2.63. The Labute approximate surface area is 164 Å². The lowest BCUT2D eigenvalue weighted by molar-refractivity contribution is -0.191. The Morgan fingerprint density at radius 3 is 3.04 bits per heavy atom. The number of rotatable bonds is 2. The molecule has 1 N–H and O–H groups in total. The molecule has 5 atom stereocenters. The molecule has 3 fully saturated rings. The monoisotopic (exact) mass is 380 g/mol. The lowest BCUT2D eigenvalue weighted by Gasteiger charge is -2.62. The first-order chi connectivity index (χ1) is 13.6. The third-order valence-electron chi connectivity index (χ3n) is 7.97. The maximum atomic E-state index is 12.9. The molecule has 3 aliphatic heterocycles. The first kappa shape index (κ1) is 17.0. The fourth-order valence-corrected chi connectivity index (χ4v) is 6.78. The second-order valence-corrected chi connectivity index (χ2v) is 9.05. The summed E-state index contributed by atoms with van der Waals surface area (Å²) in [5.74, 6) is 0.605. The molecular weight excluding hydrogens is 356 g/mol. The van der Waals surface area contributed by atoms with E-state index in [9.17, 15) is 15.2 Å². The van der Waals surface area contributed by atoms with Gasteiger partial charge in [-0.3, -0.25) is 9.69 Å². The van der Waals surface area contributed by atoms with Crippen molar-refractivity contribution in [3.63, 3.8) is 0 Å². The van der Waals surface area contributed by atoms with Gasteiger partial charge in [0.1, 0.15) is 11.8 Å². The fraction of sp³-hybridized carbons (Fsp3) is 0.636. The molecule has 3 heterocycles. The maximum absolute atomic E-state index is 12.9. The number of nitrogens with zero attached hydrogens (tertiary/aromatic N) is 2. The van der Waals surface area contributed by atoms with Gasteiger partial charge in [-0.05, 0) is 50.3 Å². The van der Waals surface area contributed by atoms with E-state index >= 15 is 0 Å². The highest BCUT2D eigenvalue weighted by Gasteiger charge is 2.73. The van der Waals surface area contributed by atoms with Gasteiger partial charge in [0.15, 0.2) is 11.9 Å². The number of ether oxygens (including phenoxy) is 2. The van der Waals surface area contributed by atoms with Crippen LogP contribution in [0.15, 0.2) is 12.1 Å². The number of likely N-dealkylation sites (tertiary alicyclic amines) is 1. The molecule has 3 unspecified atom stereocenters. The van der Waals surface area contributed by atoms with Crippen molar-refractivity contribution in [2.24, 2.45) is 0 Å². The molecule has 6 nitrogen and oxygen atoms in total. The van der Waals surface area contributed by atoms with E-state index in [2.05, 4.69) is 11.0 Å². The molecule has 2 aliphatic carbocycles. The van der Waals surface area contributed by atoms with Gasteiger partial charge in [0.25, 0.3) is 0 Å². The van der Waals surface area contributed by atoms with E-state index in [1.54, 1.807) is 6.07 Å².